The van der Waals surface area contributed by atoms with Gasteiger partial charge in [0.05, 0.1) is 19.5 Å². The molecule has 0 bridgehead atoms. The molecule has 306 valence electrons. The van der Waals surface area contributed by atoms with Crippen LogP contribution in [0.15, 0.2) is 36.6 Å². The quantitative estimate of drug-likeness (QED) is 0.0208. The Morgan fingerprint density at radius 1 is 0.596 bits per heavy atom. The van der Waals surface area contributed by atoms with Crippen LogP contribution in [-0.2, 0) is 27.9 Å². The Hall–Kier alpha value is -1.44. The Bertz CT molecular complexity index is 895. The van der Waals surface area contributed by atoms with Crippen LogP contribution in [0.5, 0.6) is 0 Å². The maximum absolute atomic E-state index is 12.4. The van der Waals surface area contributed by atoms with Gasteiger partial charge in [0, 0.05) is 13.0 Å². The molecule has 0 aliphatic rings. The Kier molecular flexibility index (Phi) is 39.6. The Morgan fingerprint density at radius 3 is 1.56 bits per heavy atom. The fourth-order valence-corrected chi connectivity index (χ4v) is 6.66. The number of carbonyl (C=O) groups is 1. The maximum atomic E-state index is 12.4. The molecule has 52 heavy (non-hydrogen) atoms. The van der Waals surface area contributed by atoms with Crippen molar-refractivity contribution in [3.63, 3.8) is 0 Å². The fraction of sp³-hybridized carbons (Fsp3) is 0.837. The molecule has 0 saturated carbocycles. The molecule has 0 heterocycles. The van der Waals surface area contributed by atoms with Gasteiger partial charge in [-0.05, 0) is 57.4 Å². The van der Waals surface area contributed by atoms with Gasteiger partial charge < -0.3 is 20.1 Å². The molecule has 0 rings (SSSR count). The zero-order valence-electron chi connectivity index (χ0n) is 33.8. The van der Waals surface area contributed by atoms with Gasteiger partial charge in [0.25, 0.3) is 0 Å². The third kappa shape index (κ3) is 39.8. The van der Waals surface area contributed by atoms with E-state index in [1.165, 1.54) is 135 Å². The predicted molar refractivity (Wildman–Crippen MR) is 219 cm³/mol. The van der Waals surface area contributed by atoms with Gasteiger partial charge in [-0.3, -0.25) is 13.8 Å². The fourth-order valence-electron chi connectivity index (χ4n) is 5.89. The molecule has 2 unspecified atom stereocenters. The van der Waals surface area contributed by atoms with Crippen molar-refractivity contribution in [1.82, 2.24) is 0 Å². The number of allylic oxidation sites excluding steroid dienone is 5. The molecule has 0 amide bonds. The number of unbranched alkanes of at least 4 members (excludes halogenated alkanes) is 24. The number of ether oxygens (including phenoxy) is 2. The normalized spacial score (nSPS) is 13.8. The smallest absolute Gasteiger partial charge is 0.472 e. The lowest BCUT2D eigenvalue weighted by Gasteiger charge is -2.19. The molecule has 0 spiro atoms. The van der Waals surface area contributed by atoms with Crippen LogP contribution < -0.4 is 5.73 Å². The van der Waals surface area contributed by atoms with Crippen molar-refractivity contribution in [2.75, 3.05) is 26.4 Å². The average molecular weight is 756 g/mol. The van der Waals surface area contributed by atoms with Crippen LogP contribution in [0.25, 0.3) is 0 Å². The van der Waals surface area contributed by atoms with E-state index in [2.05, 4.69) is 38.2 Å². The van der Waals surface area contributed by atoms with Gasteiger partial charge in [-0.1, -0.05) is 167 Å². The molecule has 0 aromatic heterocycles. The van der Waals surface area contributed by atoms with Gasteiger partial charge >= 0.3 is 13.8 Å². The zero-order valence-corrected chi connectivity index (χ0v) is 34.7. The van der Waals surface area contributed by atoms with E-state index in [9.17, 15) is 14.3 Å². The van der Waals surface area contributed by atoms with Crippen molar-refractivity contribution in [2.45, 2.75) is 206 Å². The molecular weight excluding hydrogens is 673 g/mol. The summed E-state index contributed by atoms with van der Waals surface area (Å²) in [5.41, 5.74) is 5.36. The highest BCUT2D eigenvalue weighted by Gasteiger charge is 2.24. The minimum atomic E-state index is -4.27. The Labute approximate surface area is 320 Å². The van der Waals surface area contributed by atoms with E-state index < -0.39 is 13.9 Å². The molecule has 0 aromatic carbocycles. The summed E-state index contributed by atoms with van der Waals surface area (Å²) in [7, 11) is -4.27. The summed E-state index contributed by atoms with van der Waals surface area (Å²) in [4.78, 5) is 22.3. The van der Waals surface area contributed by atoms with Crippen molar-refractivity contribution in [3.8, 4) is 0 Å². The van der Waals surface area contributed by atoms with Crippen molar-refractivity contribution in [1.29, 1.82) is 0 Å². The summed E-state index contributed by atoms with van der Waals surface area (Å²) >= 11 is 0. The highest BCUT2D eigenvalue weighted by molar-refractivity contribution is 7.47. The van der Waals surface area contributed by atoms with Gasteiger partial charge in [0.1, 0.15) is 6.61 Å². The number of esters is 1. The summed E-state index contributed by atoms with van der Waals surface area (Å²) in [5, 5.41) is 0. The van der Waals surface area contributed by atoms with E-state index in [4.69, 9.17) is 24.3 Å². The van der Waals surface area contributed by atoms with Gasteiger partial charge in [0.2, 0.25) is 0 Å². The number of carbonyl (C=O) groups excluding carboxylic acids is 1. The first kappa shape index (κ1) is 50.6. The van der Waals surface area contributed by atoms with Gasteiger partial charge in [-0.15, -0.1) is 0 Å². The van der Waals surface area contributed by atoms with Crippen LogP contribution in [-0.4, -0.2) is 43.3 Å². The topological polar surface area (TPSA) is 117 Å². The number of nitrogens with two attached hydrogens (primary N) is 1. The molecule has 8 nitrogen and oxygen atoms in total. The van der Waals surface area contributed by atoms with Crippen molar-refractivity contribution in [3.05, 3.63) is 36.6 Å². The van der Waals surface area contributed by atoms with E-state index in [1.54, 1.807) is 6.26 Å². The number of phosphoric acid groups is 1. The molecular formula is C43H82NO7P. The van der Waals surface area contributed by atoms with E-state index in [0.717, 1.165) is 44.9 Å². The SMILES string of the molecule is CCCCCC=CCC=CCCCCCCCCCC(=O)OCC(COP(=O)(O)OCCN)OC=CCCCCCCCCCCCCCCCC. The third-order valence-corrected chi connectivity index (χ3v) is 10.1. The molecule has 0 aliphatic heterocycles. The summed E-state index contributed by atoms with van der Waals surface area (Å²) in [6.07, 6.45) is 46.9. The van der Waals surface area contributed by atoms with Gasteiger partial charge in [0.15, 0.2) is 6.10 Å². The first-order valence-electron chi connectivity index (χ1n) is 21.5. The van der Waals surface area contributed by atoms with E-state index in [-0.39, 0.29) is 32.3 Å². The largest absolute Gasteiger partial charge is 0.492 e. The van der Waals surface area contributed by atoms with Crippen LogP contribution in [0, 0.1) is 0 Å². The van der Waals surface area contributed by atoms with Gasteiger partial charge in [-0.2, -0.15) is 0 Å². The van der Waals surface area contributed by atoms with Crippen molar-refractivity contribution >= 4 is 13.8 Å². The second-order valence-corrected chi connectivity index (χ2v) is 15.7. The standard InChI is InChI=1S/C43H82NO7P/c1-3-5-7-9-11-13-15-17-19-21-22-24-26-28-30-32-34-36-43(45)49-40-42(41-51-52(46,47)50-39-37-44)48-38-35-33-31-29-27-25-23-20-18-16-14-12-10-8-6-4-2/h11,13,17,19,35,38,42H,3-10,12,14-16,18,20-34,36-37,39-41,44H2,1-2H3,(H,46,47). The summed E-state index contributed by atoms with van der Waals surface area (Å²) in [6, 6.07) is 0. The summed E-state index contributed by atoms with van der Waals surface area (Å²) < 4.78 is 33.2. The lowest BCUT2D eigenvalue weighted by Crippen LogP contribution is -2.25. The monoisotopic (exact) mass is 756 g/mol. The molecule has 0 radical (unpaired) electrons. The van der Waals surface area contributed by atoms with Crippen LogP contribution in [0.1, 0.15) is 200 Å². The van der Waals surface area contributed by atoms with Gasteiger partial charge in [-0.25, -0.2) is 4.57 Å². The van der Waals surface area contributed by atoms with Crippen LogP contribution >= 0.6 is 7.82 Å². The van der Waals surface area contributed by atoms with E-state index in [0.29, 0.717) is 6.42 Å². The Morgan fingerprint density at radius 2 is 1.04 bits per heavy atom. The lowest BCUT2D eigenvalue weighted by atomic mass is 10.0. The number of rotatable bonds is 41. The second kappa shape index (κ2) is 40.7. The summed E-state index contributed by atoms with van der Waals surface area (Å²) in [6.45, 7) is 4.20. The molecule has 0 saturated heterocycles. The molecule has 2 atom stereocenters. The third-order valence-electron chi connectivity index (χ3n) is 9.15. The Balaban J connectivity index is 4.08. The number of hydrogen-bond acceptors (Lipinski definition) is 7. The minimum absolute atomic E-state index is 0.0669. The number of phosphoric ester groups is 1. The zero-order chi connectivity index (χ0) is 38.1. The predicted octanol–water partition coefficient (Wildman–Crippen LogP) is 13.0. The average Bonchev–Trinajstić information content (AvgIpc) is 3.14. The van der Waals surface area contributed by atoms with E-state index >= 15 is 0 Å². The maximum Gasteiger partial charge on any atom is 0.472 e. The second-order valence-electron chi connectivity index (χ2n) is 14.3. The van der Waals surface area contributed by atoms with Crippen LogP contribution in [0.4, 0.5) is 0 Å². The summed E-state index contributed by atoms with van der Waals surface area (Å²) in [5.74, 6) is -0.297. The molecule has 9 heteroatoms. The molecule has 0 aromatic rings. The van der Waals surface area contributed by atoms with Crippen molar-refractivity contribution < 1.29 is 32.8 Å². The van der Waals surface area contributed by atoms with Crippen molar-refractivity contribution in [2.24, 2.45) is 5.73 Å². The number of hydrogen-bond donors (Lipinski definition) is 2. The minimum Gasteiger partial charge on any atom is -0.492 e. The van der Waals surface area contributed by atoms with Crippen LogP contribution in [0.2, 0.25) is 0 Å². The molecule has 0 fully saturated rings. The molecule has 3 N–H and O–H groups in total. The van der Waals surface area contributed by atoms with E-state index in [1.807, 2.05) is 6.08 Å². The first-order chi connectivity index (χ1) is 25.4. The highest BCUT2D eigenvalue weighted by atomic mass is 31.2. The molecule has 0 aliphatic carbocycles. The first-order valence-corrected chi connectivity index (χ1v) is 23.0. The highest BCUT2D eigenvalue weighted by Crippen LogP contribution is 2.43. The lowest BCUT2D eigenvalue weighted by molar-refractivity contribution is -0.147. The van der Waals surface area contributed by atoms with Crippen LogP contribution in [0.3, 0.4) is 0 Å².